The molecule has 1 aromatic rings. The highest BCUT2D eigenvalue weighted by Gasteiger charge is 2.13. The summed E-state index contributed by atoms with van der Waals surface area (Å²) in [5.41, 5.74) is 0.954. The number of alkyl carbamates (subject to hydrolysis) is 1. The second-order valence-electron chi connectivity index (χ2n) is 5.88. The molecule has 1 amide bonds. The Morgan fingerprint density at radius 2 is 1.81 bits per heavy atom. The van der Waals surface area contributed by atoms with Crippen LogP contribution in [0.5, 0.6) is 0 Å². The van der Waals surface area contributed by atoms with Gasteiger partial charge in [0.15, 0.2) is 6.29 Å². The molecule has 1 aromatic carbocycles. The monoisotopic (exact) mass is 367 g/mol. The van der Waals surface area contributed by atoms with Gasteiger partial charge in [-0.1, -0.05) is 30.3 Å². The van der Waals surface area contributed by atoms with E-state index in [2.05, 4.69) is 5.32 Å². The Morgan fingerprint density at radius 3 is 2.58 bits per heavy atom. The van der Waals surface area contributed by atoms with E-state index in [9.17, 15) is 4.79 Å². The number of hydrogen-bond acceptors (Lipinski definition) is 6. The van der Waals surface area contributed by atoms with E-state index in [4.69, 9.17) is 23.7 Å². The van der Waals surface area contributed by atoms with E-state index in [1.165, 1.54) is 0 Å². The van der Waals surface area contributed by atoms with Crippen molar-refractivity contribution in [1.29, 1.82) is 0 Å². The first-order chi connectivity index (χ1) is 12.8. The van der Waals surface area contributed by atoms with Gasteiger partial charge in [0, 0.05) is 13.2 Å². The molecule has 0 radical (unpaired) electrons. The topological polar surface area (TPSA) is 75.3 Å². The zero-order chi connectivity index (χ0) is 18.3. The summed E-state index contributed by atoms with van der Waals surface area (Å²) < 4.78 is 26.9. The van der Waals surface area contributed by atoms with Crippen LogP contribution in [0.15, 0.2) is 30.3 Å². The highest BCUT2D eigenvalue weighted by atomic mass is 16.7. The molecule has 1 unspecified atom stereocenters. The van der Waals surface area contributed by atoms with Gasteiger partial charge in [0.05, 0.1) is 33.0 Å². The first-order valence-electron chi connectivity index (χ1n) is 9.18. The summed E-state index contributed by atoms with van der Waals surface area (Å²) in [5, 5.41) is 2.64. The van der Waals surface area contributed by atoms with Crippen LogP contribution in [0, 0.1) is 0 Å². The van der Waals surface area contributed by atoms with Crippen LogP contribution in [0.3, 0.4) is 0 Å². The molecule has 0 aromatic heterocycles. The van der Waals surface area contributed by atoms with Gasteiger partial charge in [0.1, 0.15) is 6.61 Å². The lowest BCUT2D eigenvalue weighted by Gasteiger charge is -2.22. The largest absolute Gasteiger partial charge is 0.445 e. The van der Waals surface area contributed by atoms with Crippen LogP contribution >= 0.6 is 0 Å². The standard InChI is InChI=1S/C19H29NO6/c21-19(26-16-17-6-2-1-3-7-17)20-9-11-22-12-13-23-14-15-25-18-8-4-5-10-24-18/h1-3,6-7,18H,4-5,8-16H2,(H,20,21). The van der Waals surface area contributed by atoms with E-state index in [0.717, 1.165) is 31.4 Å². The molecule has 7 nitrogen and oxygen atoms in total. The minimum Gasteiger partial charge on any atom is -0.445 e. The summed E-state index contributed by atoms with van der Waals surface area (Å²) in [6, 6.07) is 9.54. The number of rotatable bonds is 12. The molecular weight excluding hydrogens is 338 g/mol. The fraction of sp³-hybridized carbons (Fsp3) is 0.632. The lowest BCUT2D eigenvalue weighted by molar-refractivity contribution is -0.169. The summed E-state index contributed by atoms with van der Waals surface area (Å²) in [5.74, 6) is 0. The van der Waals surface area contributed by atoms with Crippen LogP contribution < -0.4 is 5.32 Å². The third-order valence-corrected chi connectivity index (χ3v) is 3.77. The maximum Gasteiger partial charge on any atom is 0.407 e. The van der Waals surface area contributed by atoms with E-state index in [0.29, 0.717) is 39.6 Å². The fourth-order valence-electron chi connectivity index (χ4n) is 2.40. The molecule has 7 heteroatoms. The van der Waals surface area contributed by atoms with Gasteiger partial charge in [-0.3, -0.25) is 0 Å². The number of carbonyl (C=O) groups excluding carboxylic acids is 1. The molecule has 26 heavy (non-hydrogen) atoms. The van der Waals surface area contributed by atoms with Gasteiger partial charge in [0.25, 0.3) is 0 Å². The number of carbonyl (C=O) groups is 1. The molecule has 2 rings (SSSR count). The SMILES string of the molecule is O=C(NCCOCCOCCOC1CCCCO1)OCc1ccccc1. The zero-order valence-electron chi connectivity index (χ0n) is 15.2. The molecule has 0 aliphatic carbocycles. The van der Waals surface area contributed by atoms with Gasteiger partial charge in [-0.05, 0) is 24.8 Å². The van der Waals surface area contributed by atoms with Crippen molar-refractivity contribution in [2.24, 2.45) is 0 Å². The van der Waals surface area contributed by atoms with Crippen molar-refractivity contribution in [3.63, 3.8) is 0 Å². The van der Waals surface area contributed by atoms with Crippen LogP contribution in [0.1, 0.15) is 24.8 Å². The molecule has 0 spiro atoms. The number of benzene rings is 1. The Labute approximate surface area is 154 Å². The highest BCUT2D eigenvalue weighted by Crippen LogP contribution is 2.13. The minimum absolute atomic E-state index is 0.0729. The average molecular weight is 367 g/mol. The van der Waals surface area contributed by atoms with Crippen LogP contribution in [-0.2, 0) is 30.3 Å². The number of hydrogen-bond donors (Lipinski definition) is 1. The van der Waals surface area contributed by atoms with E-state index in [1.807, 2.05) is 30.3 Å². The van der Waals surface area contributed by atoms with Crippen LogP contribution in [0.2, 0.25) is 0 Å². The number of nitrogens with one attached hydrogen (secondary N) is 1. The summed E-state index contributed by atoms with van der Waals surface area (Å²) >= 11 is 0. The zero-order valence-corrected chi connectivity index (χ0v) is 15.2. The molecule has 1 aliphatic rings. The average Bonchev–Trinajstić information content (AvgIpc) is 2.69. The molecule has 1 N–H and O–H groups in total. The highest BCUT2D eigenvalue weighted by molar-refractivity contribution is 5.67. The molecule has 1 fully saturated rings. The fourth-order valence-corrected chi connectivity index (χ4v) is 2.40. The van der Waals surface area contributed by atoms with E-state index < -0.39 is 6.09 Å². The molecule has 0 saturated carbocycles. The molecular formula is C19H29NO6. The summed E-state index contributed by atoms with van der Waals surface area (Å²) in [6.45, 7) is 3.87. The van der Waals surface area contributed by atoms with Crippen molar-refractivity contribution in [3.8, 4) is 0 Å². The van der Waals surface area contributed by atoms with Gasteiger partial charge < -0.3 is 29.0 Å². The quantitative estimate of drug-likeness (QED) is 0.572. The maximum absolute atomic E-state index is 11.5. The Hall–Kier alpha value is -1.67. The van der Waals surface area contributed by atoms with Gasteiger partial charge in [0.2, 0.25) is 0 Å². The van der Waals surface area contributed by atoms with Crippen molar-refractivity contribution in [3.05, 3.63) is 35.9 Å². The van der Waals surface area contributed by atoms with E-state index in [-0.39, 0.29) is 12.9 Å². The van der Waals surface area contributed by atoms with Crippen LogP contribution in [0.4, 0.5) is 4.79 Å². The number of amides is 1. The Balaban J connectivity index is 1.33. The van der Waals surface area contributed by atoms with Crippen molar-refractivity contribution < 1.29 is 28.5 Å². The Morgan fingerprint density at radius 1 is 1.04 bits per heavy atom. The second-order valence-corrected chi connectivity index (χ2v) is 5.88. The molecule has 0 bridgehead atoms. The molecule has 1 saturated heterocycles. The van der Waals surface area contributed by atoms with Crippen molar-refractivity contribution >= 4 is 6.09 Å². The lowest BCUT2D eigenvalue weighted by Crippen LogP contribution is -2.28. The van der Waals surface area contributed by atoms with Crippen LogP contribution in [-0.4, -0.2) is 58.6 Å². The molecule has 1 heterocycles. The third-order valence-electron chi connectivity index (χ3n) is 3.77. The first kappa shape index (κ1) is 20.6. The Kier molecular flexibility index (Phi) is 10.7. The summed E-state index contributed by atoms with van der Waals surface area (Å²) in [4.78, 5) is 11.5. The molecule has 146 valence electrons. The van der Waals surface area contributed by atoms with Gasteiger partial charge in [-0.2, -0.15) is 0 Å². The van der Waals surface area contributed by atoms with Crippen molar-refractivity contribution in [2.45, 2.75) is 32.2 Å². The first-order valence-corrected chi connectivity index (χ1v) is 9.18. The van der Waals surface area contributed by atoms with Crippen molar-refractivity contribution in [1.82, 2.24) is 5.32 Å². The van der Waals surface area contributed by atoms with Crippen molar-refractivity contribution in [2.75, 3.05) is 46.2 Å². The predicted molar refractivity (Wildman–Crippen MR) is 95.8 cm³/mol. The second kappa shape index (κ2) is 13.5. The van der Waals surface area contributed by atoms with E-state index >= 15 is 0 Å². The third kappa shape index (κ3) is 9.72. The Bertz CT molecular complexity index is 478. The maximum atomic E-state index is 11.5. The number of ether oxygens (including phenoxy) is 5. The van der Waals surface area contributed by atoms with Gasteiger partial charge >= 0.3 is 6.09 Å². The normalized spacial score (nSPS) is 17.0. The predicted octanol–water partition coefficient (Wildman–Crippen LogP) is 2.49. The van der Waals surface area contributed by atoms with Gasteiger partial charge in [-0.25, -0.2) is 4.79 Å². The lowest BCUT2D eigenvalue weighted by atomic mass is 10.2. The van der Waals surface area contributed by atoms with Crippen LogP contribution in [0.25, 0.3) is 0 Å². The van der Waals surface area contributed by atoms with Gasteiger partial charge in [-0.15, -0.1) is 0 Å². The summed E-state index contributed by atoms with van der Waals surface area (Å²) in [6.07, 6.45) is 2.72. The summed E-state index contributed by atoms with van der Waals surface area (Å²) in [7, 11) is 0. The molecule has 1 atom stereocenters. The van der Waals surface area contributed by atoms with E-state index in [1.54, 1.807) is 0 Å². The minimum atomic E-state index is -0.448. The molecule has 1 aliphatic heterocycles. The smallest absolute Gasteiger partial charge is 0.407 e.